The second kappa shape index (κ2) is 4.94. The number of fused-ring (bicyclic) bond motifs is 1. The first-order chi connectivity index (χ1) is 9.29. The molecule has 0 bridgehead atoms. The molecule has 1 aromatic heterocycles. The monoisotopic (exact) mass is 290 g/mol. The Hall–Kier alpha value is -2.39. The quantitative estimate of drug-likeness (QED) is 0.790. The van der Waals surface area contributed by atoms with E-state index in [-0.39, 0.29) is 25.5 Å². The summed E-state index contributed by atoms with van der Waals surface area (Å²) < 4.78 is 38.7. The average Bonchev–Trinajstić information content (AvgIpc) is 2.78. The molecule has 0 atom stereocenters. The molecule has 0 unspecified atom stereocenters. The van der Waals surface area contributed by atoms with Gasteiger partial charge in [0, 0.05) is 25.2 Å². The van der Waals surface area contributed by atoms with Crippen molar-refractivity contribution in [3.63, 3.8) is 0 Å². The molecule has 1 N–H and O–H groups in total. The molecule has 1 aliphatic rings. The van der Waals surface area contributed by atoms with E-state index in [1.165, 1.54) is 4.90 Å². The van der Waals surface area contributed by atoms with Crippen molar-refractivity contribution >= 4 is 11.9 Å². The number of hydrogen-bond acceptors (Lipinski definition) is 4. The van der Waals surface area contributed by atoms with Gasteiger partial charge in [-0.15, -0.1) is 10.2 Å². The molecule has 0 saturated carbocycles. The molecular formula is C10H9F3N4O3. The minimum Gasteiger partial charge on any atom is -0.478 e. The van der Waals surface area contributed by atoms with Crippen molar-refractivity contribution in [1.82, 2.24) is 19.7 Å². The summed E-state index contributed by atoms with van der Waals surface area (Å²) in [7, 11) is 0. The van der Waals surface area contributed by atoms with Crippen LogP contribution >= 0.6 is 0 Å². The number of aromatic nitrogens is 3. The first kappa shape index (κ1) is 14.0. The zero-order chi connectivity index (χ0) is 14.9. The molecule has 0 spiro atoms. The van der Waals surface area contributed by atoms with Gasteiger partial charge in [0.25, 0.3) is 0 Å². The lowest BCUT2D eigenvalue weighted by Crippen LogP contribution is -2.38. The van der Waals surface area contributed by atoms with Crippen molar-refractivity contribution in [2.24, 2.45) is 0 Å². The molecule has 1 aliphatic heterocycles. The van der Waals surface area contributed by atoms with Gasteiger partial charge in [0.2, 0.25) is 11.7 Å². The Morgan fingerprint density at radius 3 is 2.50 bits per heavy atom. The van der Waals surface area contributed by atoms with E-state index in [2.05, 4.69) is 10.2 Å². The van der Waals surface area contributed by atoms with Crippen molar-refractivity contribution < 1.29 is 27.9 Å². The van der Waals surface area contributed by atoms with Crippen LogP contribution in [-0.2, 0) is 28.9 Å². The Morgan fingerprint density at radius 2 is 1.90 bits per heavy atom. The second-order valence-electron chi connectivity index (χ2n) is 4.02. The van der Waals surface area contributed by atoms with Gasteiger partial charge in [-0.05, 0) is 0 Å². The SMILES string of the molecule is O=C(O)C=CC(=O)N1CCn2c(nnc2C(F)(F)F)C1. The fraction of sp³-hybridized carbons (Fsp3) is 0.400. The third-order valence-electron chi connectivity index (χ3n) is 2.69. The normalized spacial score (nSPS) is 15.4. The molecule has 20 heavy (non-hydrogen) atoms. The summed E-state index contributed by atoms with van der Waals surface area (Å²) in [5.74, 6) is -2.96. The van der Waals surface area contributed by atoms with Gasteiger partial charge in [0.15, 0.2) is 5.82 Å². The van der Waals surface area contributed by atoms with Crippen molar-refractivity contribution in [2.45, 2.75) is 19.3 Å². The molecular weight excluding hydrogens is 281 g/mol. The highest BCUT2D eigenvalue weighted by Crippen LogP contribution is 2.29. The van der Waals surface area contributed by atoms with Gasteiger partial charge in [-0.2, -0.15) is 13.2 Å². The van der Waals surface area contributed by atoms with Crippen LogP contribution in [0.3, 0.4) is 0 Å². The number of aliphatic carboxylic acids is 1. The van der Waals surface area contributed by atoms with Gasteiger partial charge in [-0.25, -0.2) is 4.79 Å². The van der Waals surface area contributed by atoms with E-state index in [0.717, 1.165) is 10.6 Å². The number of carbonyl (C=O) groups excluding carboxylic acids is 1. The maximum atomic E-state index is 12.6. The van der Waals surface area contributed by atoms with E-state index < -0.39 is 23.9 Å². The molecule has 1 amide bonds. The highest BCUT2D eigenvalue weighted by molar-refractivity contribution is 5.93. The number of rotatable bonds is 2. The summed E-state index contributed by atoms with van der Waals surface area (Å²) in [6, 6.07) is 0. The first-order valence-electron chi connectivity index (χ1n) is 5.48. The minimum absolute atomic E-state index is 0.0145. The molecule has 0 aromatic carbocycles. The van der Waals surface area contributed by atoms with E-state index in [1.54, 1.807) is 0 Å². The molecule has 7 nitrogen and oxygen atoms in total. The number of amides is 1. The summed E-state index contributed by atoms with van der Waals surface area (Å²) in [6.45, 7) is -0.216. The van der Waals surface area contributed by atoms with Crippen molar-refractivity contribution in [1.29, 1.82) is 0 Å². The van der Waals surface area contributed by atoms with Gasteiger partial charge < -0.3 is 14.6 Å². The van der Waals surface area contributed by atoms with Crippen LogP contribution in [0.2, 0.25) is 0 Å². The molecule has 1 aromatic rings. The van der Waals surface area contributed by atoms with Gasteiger partial charge in [-0.1, -0.05) is 0 Å². The van der Waals surface area contributed by atoms with Crippen LogP contribution in [0.4, 0.5) is 13.2 Å². The largest absolute Gasteiger partial charge is 0.478 e. The van der Waals surface area contributed by atoms with Gasteiger partial charge in [0.1, 0.15) is 0 Å². The van der Waals surface area contributed by atoms with E-state index in [4.69, 9.17) is 5.11 Å². The minimum atomic E-state index is -4.60. The number of nitrogens with zero attached hydrogens (tertiary/aromatic N) is 4. The Kier molecular flexibility index (Phi) is 3.47. The lowest BCUT2D eigenvalue weighted by molar-refractivity contribution is -0.148. The maximum absolute atomic E-state index is 12.6. The highest BCUT2D eigenvalue weighted by atomic mass is 19.4. The van der Waals surface area contributed by atoms with Gasteiger partial charge >= 0.3 is 12.1 Å². The summed E-state index contributed by atoms with van der Waals surface area (Å²) in [4.78, 5) is 23.1. The van der Waals surface area contributed by atoms with Crippen LogP contribution in [0.25, 0.3) is 0 Å². The second-order valence-corrected chi connectivity index (χ2v) is 4.02. The van der Waals surface area contributed by atoms with E-state index in [1.807, 2.05) is 0 Å². The van der Waals surface area contributed by atoms with Crippen LogP contribution in [-0.4, -0.2) is 43.2 Å². The fourth-order valence-corrected chi connectivity index (χ4v) is 1.80. The molecule has 2 rings (SSSR count). The van der Waals surface area contributed by atoms with Gasteiger partial charge in [0.05, 0.1) is 6.54 Å². The zero-order valence-electron chi connectivity index (χ0n) is 9.96. The zero-order valence-corrected chi connectivity index (χ0v) is 9.96. The van der Waals surface area contributed by atoms with Crippen LogP contribution in [0, 0.1) is 0 Å². The predicted molar refractivity (Wildman–Crippen MR) is 57.2 cm³/mol. The van der Waals surface area contributed by atoms with Crippen molar-refractivity contribution in [2.75, 3.05) is 6.54 Å². The van der Waals surface area contributed by atoms with Crippen LogP contribution in [0.5, 0.6) is 0 Å². The number of carboxylic acids is 1. The Balaban J connectivity index is 2.15. The molecule has 0 saturated heterocycles. The average molecular weight is 290 g/mol. The molecule has 0 fully saturated rings. The van der Waals surface area contributed by atoms with Crippen molar-refractivity contribution in [3.8, 4) is 0 Å². The fourth-order valence-electron chi connectivity index (χ4n) is 1.80. The highest BCUT2D eigenvalue weighted by Gasteiger charge is 2.39. The predicted octanol–water partition coefficient (Wildman–Crippen LogP) is 0.280. The van der Waals surface area contributed by atoms with Crippen molar-refractivity contribution in [3.05, 3.63) is 23.8 Å². The molecule has 2 heterocycles. The number of carboxylic acid groups (broad SMARTS) is 1. The van der Waals surface area contributed by atoms with Crippen LogP contribution < -0.4 is 0 Å². The number of alkyl halides is 3. The molecule has 10 heteroatoms. The molecule has 108 valence electrons. The van der Waals surface area contributed by atoms with E-state index in [9.17, 15) is 22.8 Å². The number of carbonyl (C=O) groups is 2. The Labute approximate surface area is 110 Å². The van der Waals surface area contributed by atoms with Crippen LogP contribution in [0.1, 0.15) is 11.6 Å². The smallest absolute Gasteiger partial charge is 0.451 e. The Morgan fingerprint density at radius 1 is 1.20 bits per heavy atom. The number of hydrogen-bond donors (Lipinski definition) is 1. The Bertz CT molecular complexity index is 579. The maximum Gasteiger partial charge on any atom is 0.451 e. The number of halogens is 3. The lowest BCUT2D eigenvalue weighted by atomic mass is 10.3. The summed E-state index contributed by atoms with van der Waals surface area (Å²) in [5.41, 5.74) is 0. The van der Waals surface area contributed by atoms with E-state index in [0.29, 0.717) is 6.08 Å². The molecule has 0 radical (unpaired) electrons. The summed E-state index contributed by atoms with van der Waals surface area (Å²) in [5, 5.41) is 14.9. The van der Waals surface area contributed by atoms with Crippen LogP contribution in [0.15, 0.2) is 12.2 Å². The van der Waals surface area contributed by atoms with E-state index >= 15 is 0 Å². The third-order valence-corrected chi connectivity index (χ3v) is 2.69. The summed E-state index contributed by atoms with van der Waals surface area (Å²) in [6.07, 6.45) is -3.08. The lowest BCUT2D eigenvalue weighted by Gasteiger charge is -2.27. The standard InChI is InChI=1S/C10H9F3N4O3/c11-10(12,13)9-15-14-6-5-16(3-4-17(6)9)7(18)1-2-8(19)20/h1-2H,3-5H2,(H,19,20). The first-order valence-corrected chi connectivity index (χ1v) is 5.48. The van der Waals surface area contributed by atoms with Gasteiger partial charge in [-0.3, -0.25) is 4.79 Å². The molecule has 0 aliphatic carbocycles. The third kappa shape index (κ3) is 2.78. The summed E-state index contributed by atoms with van der Waals surface area (Å²) >= 11 is 0. The topological polar surface area (TPSA) is 88.3 Å².